The molecule has 0 nitrogen and oxygen atoms in total. The molecule has 0 amide bonds. The minimum Gasteiger partial charge on any atom is -0.211 e. The maximum atomic E-state index is 2.16. The van der Waals surface area contributed by atoms with Gasteiger partial charge < -0.3 is 0 Å². The van der Waals surface area contributed by atoms with Gasteiger partial charge in [0.25, 0.3) is 0 Å². The molecule has 0 radical (unpaired) electrons. The van der Waals surface area contributed by atoms with Crippen LogP contribution >= 0.6 is 0 Å². The summed E-state index contributed by atoms with van der Waals surface area (Å²) >= 11 is 0. The molecule has 0 fully saturated rings. The molecule has 0 atom stereocenters. The molecule has 46 valence electrons. The summed E-state index contributed by atoms with van der Waals surface area (Å²) in [5, 5.41) is 0. The van der Waals surface area contributed by atoms with Crippen molar-refractivity contribution >= 4 is 0 Å². The molecule has 0 heterocycles. The van der Waals surface area contributed by atoms with Gasteiger partial charge in [0, 0.05) is 17.1 Å². The summed E-state index contributed by atoms with van der Waals surface area (Å²) in [4.78, 5) is 0. The first-order valence-corrected chi connectivity index (χ1v) is 2.64. The normalized spacial score (nSPS) is 8.12. The van der Waals surface area contributed by atoms with Gasteiger partial charge in [-0.1, -0.05) is 13.3 Å². The summed E-state index contributed by atoms with van der Waals surface area (Å²) in [7, 11) is 0. The summed E-state index contributed by atoms with van der Waals surface area (Å²) < 4.78 is 0. The summed E-state index contributed by atoms with van der Waals surface area (Å²) in [5.74, 6) is 0. The first-order chi connectivity index (χ1) is 3.43. The Kier molecular flexibility index (Phi) is 3.76. The largest absolute Gasteiger partial charge is 0.211 e. The smallest absolute Gasteiger partial charge is 0 e. The van der Waals surface area contributed by atoms with Gasteiger partial charge >= 0.3 is 0 Å². The van der Waals surface area contributed by atoms with Crippen molar-refractivity contribution < 1.29 is 17.1 Å². The Morgan fingerprint density at radius 3 is 2.62 bits per heavy atom. The van der Waals surface area contributed by atoms with Crippen LogP contribution in [0, 0.1) is 0 Å². The van der Waals surface area contributed by atoms with E-state index in [0.29, 0.717) is 0 Å². The van der Waals surface area contributed by atoms with Gasteiger partial charge in [-0.3, -0.25) is 0 Å². The Morgan fingerprint density at radius 2 is 2.38 bits per heavy atom. The Hall–Kier alpha value is -0.131. The molecule has 1 rings (SSSR count). The molecule has 0 aliphatic carbocycles. The summed E-state index contributed by atoms with van der Waals surface area (Å²) in [6.45, 7) is 2.16. The van der Waals surface area contributed by atoms with Gasteiger partial charge in [0.2, 0.25) is 0 Å². The number of hydrogen-bond acceptors (Lipinski definition) is 0. The second-order valence-corrected chi connectivity index (χ2v) is 1.65. The summed E-state index contributed by atoms with van der Waals surface area (Å²) in [6.07, 6.45) is 1.16. The first kappa shape index (κ1) is 7.87. The van der Waals surface area contributed by atoms with Crippen LogP contribution in [0.2, 0.25) is 0 Å². The molecule has 0 unspecified atom stereocenters. The second-order valence-electron chi connectivity index (χ2n) is 1.65. The van der Waals surface area contributed by atoms with Crippen molar-refractivity contribution in [3.8, 4) is 0 Å². The van der Waals surface area contributed by atoms with Gasteiger partial charge in [0.05, 0.1) is 0 Å². The topological polar surface area (TPSA) is 0 Å². The van der Waals surface area contributed by atoms with E-state index in [9.17, 15) is 0 Å². The minimum absolute atomic E-state index is 0. The third-order valence-electron chi connectivity index (χ3n) is 1.14. The number of rotatable bonds is 1. The molecule has 0 aliphatic heterocycles. The van der Waals surface area contributed by atoms with Crippen molar-refractivity contribution in [2.45, 2.75) is 13.3 Å². The van der Waals surface area contributed by atoms with Gasteiger partial charge in [-0.2, -0.15) is 23.8 Å². The quantitative estimate of drug-likeness (QED) is 0.423. The molecule has 0 spiro atoms. The SMILES string of the molecule is CCc1cc[cH-]c1.[Fe]. The predicted molar refractivity (Wildman–Crippen MR) is 31.4 cm³/mol. The molecular weight excluding hydrogens is 140 g/mol. The molecular formula is C7H9Fe-. The predicted octanol–water partition coefficient (Wildman–Crippen LogP) is 1.97. The van der Waals surface area contributed by atoms with E-state index in [2.05, 4.69) is 31.2 Å². The fraction of sp³-hybridized carbons (Fsp3) is 0.286. The number of hydrogen-bond donors (Lipinski definition) is 0. The van der Waals surface area contributed by atoms with E-state index in [1.54, 1.807) is 0 Å². The van der Waals surface area contributed by atoms with Crippen molar-refractivity contribution in [1.82, 2.24) is 0 Å². The van der Waals surface area contributed by atoms with Crippen LogP contribution in [0.1, 0.15) is 12.5 Å². The summed E-state index contributed by atoms with van der Waals surface area (Å²) in [6, 6.07) is 8.41. The van der Waals surface area contributed by atoms with Crippen LogP contribution in [0.4, 0.5) is 0 Å². The van der Waals surface area contributed by atoms with Crippen molar-refractivity contribution in [2.75, 3.05) is 0 Å². The minimum atomic E-state index is 0. The molecule has 0 aromatic heterocycles. The van der Waals surface area contributed by atoms with Crippen LogP contribution in [-0.2, 0) is 23.5 Å². The second kappa shape index (κ2) is 3.82. The molecule has 0 N–H and O–H groups in total. The molecule has 1 aromatic carbocycles. The average Bonchev–Trinajstić information content (AvgIpc) is 2.14. The van der Waals surface area contributed by atoms with Gasteiger partial charge in [0.1, 0.15) is 0 Å². The molecule has 0 bridgehead atoms. The average molecular weight is 149 g/mol. The maximum absolute atomic E-state index is 2.16. The van der Waals surface area contributed by atoms with E-state index >= 15 is 0 Å². The van der Waals surface area contributed by atoms with E-state index in [0.717, 1.165) is 6.42 Å². The molecule has 0 saturated carbocycles. The van der Waals surface area contributed by atoms with E-state index in [-0.39, 0.29) is 17.1 Å². The molecule has 0 aliphatic rings. The van der Waals surface area contributed by atoms with Gasteiger partial charge in [-0.25, -0.2) is 6.07 Å². The Balaban J connectivity index is 0.000000490. The number of aryl methyl sites for hydroxylation is 1. The van der Waals surface area contributed by atoms with Crippen LogP contribution in [0.25, 0.3) is 0 Å². The summed E-state index contributed by atoms with van der Waals surface area (Å²) in [5.41, 5.74) is 1.43. The van der Waals surface area contributed by atoms with Crippen LogP contribution in [0.3, 0.4) is 0 Å². The molecule has 0 saturated heterocycles. The van der Waals surface area contributed by atoms with E-state index in [1.165, 1.54) is 5.56 Å². The third kappa shape index (κ3) is 1.77. The Bertz CT molecular complexity index is 119. The van der Waals surface area contributed by atoms with Crippen LogP contribution < -0.4 is 0 Å². The molecule has 1 aromatic rings. The Labute approximate surface area is 60.7 Å². The zero-order valence-corrected chi connectivity index (χ0v) is 5.97. The standard InChI is InChI=1S/C7H9.Fe/c1-2-7-5-3-4-6-7;/h3-6H,2H2,1H3;/q-1;. The van der Waals surface area contributed by atoms with Crippen LogP contribution in [0.5, 0.6) is 0 Å². The van der Waals surface area contributed by atoms with E-state index in [4.69, 9.17) is 0 Å². The van der Waals surface area contributed by atoms with Crippen molar-refractivity contribution in [2.24, 2.45) is 0 Å². The first-order valence-electron chi connectivity index (χ1n) is 2.64. The maximum Gasteiger partial charge on any atom is 0 e. The fourth-order valence-corrected chi connectivity index (χ4v) is 0.650. The van der Waals surface area contributed by atoms with Crippen LogP contribution in [-0.4, -0.2) is 0 Å². The van der Waals surface area contributed by atoms with E-state index in [1.807, 2.05) is 0 Å². The molecule has 1 heteroatoms. The Morgan fingerprint density at radius 1 is 1.62 bits per heavy atom. The van der Waals surface area contributed by atoms with Gasteiger partial charge in [0.15, 0.2) is 0 Å². The third-order valence-corrected chi connectivity index (χ3v) is 1.14. The van der Waals surface area contributed by atoms with Crippen molar-refractivity contribution in [1.29, 1.82) is 0 Å². The van der Waals surface area contributed by atoms with Crippen molar-refractivity contribution in [3.63, 3.8) is 0 Å². The zero-order valence-electron chi connectivity index (χ0n) is 4.87. The fourth-order valence-electron chi connectivity index (χ4n) is 0.650. The zero-order chi connectivity index (χ0) is 5.11. The van der Waals surface area contributed by atoms with Gasteiger partial charge in [-0.15, -0.1) is 0 Å². The van der Waals surface area contributed by atoms with Crippen molar-refractivity contribution in [3.05, 3.63) is 29.8 Å². The monoisotopic (exact) mass is 149 g/mol. The van der Waals surface area contributed by atoms with E-state index < -0.39 is 0 Å². The van der Waals surface area contributed by atoms with Gasteiger partial charge in [-0.05, 0) is 0 Å². The van der Waals surface area contributed by atoms with Crippen LogP contribution in [0.15, 0.2) is 24.3 Å². The molecule has 8 heavy (non-hydrogen) atoms.